The fourth-order valence-corrected chi connectivity index (χ4v) is 2.98. The van der Waals surface area contributed by atoms with Crippen LogP contribution in [0.2, 0.25) is 0 Å². The average Bonchev–Trinajstić information content (AvgIpc) is 3.26. The number of benzene rings is 1. The van der Waals surface area contributed by atoms with E-state index in [0.717, 1.165) is 0 Å². The number of hydrogen-bond donors (Lipinski definition) is 3. The number of anilines is 1. The van der Waals surface area contributed by atoms with Crippen molar-refractivity contribution in [1.82, 2.24) is 15.3 Å². The molecule has 8 nitrogen and oxygen atoms in total. The summed E-state index contributed by atoms with van der Waals surface area (Å²) in [6, 6.07) is 10.6. The van der Waals surface area contributed by atoms with Crippen molar-refractivity contribution in [3.05, 3.63) is 53.9 Å². The van der Waals surface area contributed by atoms with Crippen molar-refractivity contribution < 1.29 is 18.7 Å². The summed E-state index contributed by atoms with van der Waals surface area (Å²) in [4.78, 5) is 21.3. The fourth-order valence-electron chi connectivity index (χ4n) is 2.98. The zero-order valence-electron chi connectivity index (χ0n) is 18.9. The van der Waals surface area contributed by atoms with Gasteiger partial charge in [0.1, 0.15) is 11.9 Å². The van der Waals surface area contributed by atoms with Crippen LogP contribution in [0.5, 0.6) is 0 Å². The van der Waals surface area contributed by atoms with Crippen LogP contribution in [0.15, 0.2) is 47.1 Å². The number of oxazole rings is 1. The summed E-state index contributed by atoms with van der Waals surface area (Å²) in [5, 5.41) is 24.5. The smallest absolute Gasteiger partial charge is 0.255 e. The highest BCUT2D eigenvalue weighted by Gasteiger charge is 2.27. The van der Waals surface area contributed by atoms with Crippen LogP contribution in [0.1, 0.15) is 43.6 Å². The van der Waals surface area contributed by atoms with Gasteiger partial charge in [0.15, 0.2) is 5.76 Å². The second kappa shape index (κ2) is 9.79. The Hall–Kier alpha value is -3.77. The highest BCUT2D eigenvalue weighted by atomic mass is 19.1. The number of rotatable bonds is 8. The first-order valence-corrected chi connectivity index (χ1v) is 10.5. The lowest BCUT2D eigenvalue weighted by atomic mass is 10.0. The summed E-state index contributed by atoms with van der Waals surface area (Å²) in [7, 11) is 0. The van der Waals surface area contributed by atoms with Crippen LogP contribution < -0.4 is 10.6 Å². The summed E-state index contributed by atoms with van der Waals surface area (Å²) < 4.78 is 19.9. The summed E-state index contributed by atoms with van der Waals surface area (Å²) in [5.74, 6) is 0.206. The molecule has 2 heterocycles. The largest absolute Gasteiger partial charge is 0.434 e. The number of amides is 1. The van der Waals surface area contributed by atoms with E-state index in [4.69, 9.17) is 9.68 Å². The Kier molecular flexibility index (Phi) is 7.09. The van der Waals surface area contributed by atoms with E-state index in [2.05, 4.69) is 26.7 Å². The minimum absolute atomic E-state index is 0.0103. The predicted molar refractivity (Wildman–Crippen MR) is 122 cm³/mol. The summed E-state index contributed by atoms with van der Waals surface area (Å²) in [6.45, 7) is 6.19. The summed E-state index contributed by atoms with van der Waals surface area (Å²) >= 11 is 0. The van der Waals surface area contributed by atoms with E-state index < -0.39 is 17.7 Å². The molecule has 0 fully saturated rings. The highest BCUT2D eigenvalue weighted by Crippen LogP contribution is 2.28. The molecule has 0 saturated heterocycles. The van der Waals surface area contributed by atoms with Crippen LogP contribution >= 0.6 is 0 Å². The minimum Gasteiger partial charge on any atom is -0.434 e. The first-order valence-electron chi connectivity index (χ1n) is 10.5. The molecule has 1 amide bonds. The van der Waals surface area contributed by atoms with E-state index in [0.29, 0.717) is 34.2 Å². The third-order valence-corrected chi connectivity index (χ3v) is 4.80. The Morgan fingerprint density at radius 3 is 2.70 bits per heavy atom. The molecule has 0 unspecified atom stereocenters. The van der Waals surface area contributed by atoms with Gasteiger partial charge in [-0.15, -0.1) is 0 Å². The third kappa shape index (κ3) is 5.93. The van der Waals surface area contributed by atoms with Crippen LogP contribution in [-0.4, -0.2) is 45.3 Å². The Balaban J connectivity index is 1.87. The zero-order valence-corrected chi connectivity index (χ0v) is 18.9. The maximum Gasteiger partial charge on any atom is 0.255 e. The van der Waals surface area contributed by atoms with Gasteiger partial charge in [-0.25, -0.2) is 9.37 Å². The molecule has 0 saturated carbocycles. The fraction of sp³-hybridized carbons (Fsp3) is 0.333. The van der Waals surface area contributed by atoms with E-state index in [1.807, 2.05) is 13.8 Å². The van der Waals surface area contributed by atoms with Crippen LogP contribution in [-0.2, 0) is 0 Å². The van der Waals surface area contributed by atoms with Crippen molar-refractivity contribution >= 4 is 11.6 Å². The van der Waals surface area contributed by atoms with Crippen molar-refractivity contribution in [1.29, 1.82) is 5.26 Å². The molecule has 0 radical (unpaired) electrons. The topological polar surface area (TPSA) is 124 Å². The third-order valence-electron chi connectivity index (χ3n) is 4.80. The number of nitrogens with one attached hydrogen (secondary N) is 2. The molecule has 0 aliphatic rings. The number of nitrogens with zero attached hydrogens (tertiary/aromatic N) is 3. The standard InChI is InChI=1S/C24H26FN5O3/c1-14(2)30-18-9-19(27-11-17(18)22(31)28-13-21(25)24(3,4)32)20-12-29-23(33-20)16-7-5-6-15(8-16)10-26/h5-9,11-12,14,21,32H,13H2,1-4H3,(H,27,30)(H,28,31)/t21-/m1/s1. The van der Waals surface area contributed by atoms with Crippen LogP contribution in [0.25, 0.3) is 22.9 Å². The number of carbonyl (C=O) groups excluding carboxylic acids is 1. The van der Waals surface area contributed by atoms with Gasteiger partial charge in [0.25, 0.3) is 5.91 Å². The SMILES string of the molecule is CC(C)Nc1cc(-c2cnc(-c3cccc(C#N)c3)o2)ncc1C(=O)NC[C@@H](F)C(C)(C)O. The molecule has 0 bridgehead atoms. The lowest BCUT2D eigenvalue weighted by molar-refractivity contribution is -0.00177. The highest BCUT2D eigenvalue weighted by molar-refractivity contribution is 5.99. The van der Waals surface area contributed by atoms with Gasteiger partial charge in [0, 0.05) is 17.8 Å². The molecular formula is C24H26FN5O3. The van der Waals surface area contributed by atoms with E-state index in [-0.39, 0.29) is 18.2 Å². The number of alkyl halides is 1. The molecule has 3 rings (SSSR count). The Morgan fingerprint density at radius 2 is 2.03 bits per heavy atom. The first kappa shape index (κ1) is 23.9. The number of halogens is 1. The van der Waals surface area contributed by atoms with Crippen molar-refractivity contribution in [2.45, 2.75) is 45.5 Å². The van der Waals surface area contributed by atoms with Crippen LogP contribution in [0.4, 0.5) is 10.1 Å². The normalized spacial score (nSPS) is 12.3. The zero-order chi connectivity index (χ0) is 24.2. The van der Waals surface area contributed by atoms with Crippen molar-refractivity contribution in [3.63, 3.8) is 0 Å². The maximum absolute atomic E-state index is 14.0. The Bertz CT molecular complexity index is 1180. The molecule has 0 spiro atoms. The van der Waals surface area contributed by atoms with Gasteiger partial charge < -0.3 is 20.2 Å². The first-order chi connectivity index (χ1) is 15.6. The summed E-state index contributed by atoms with van der Waals surface area (Å²) in [5.41, 5.74) is 0.761. The number of nitriles is 1. The molecule has 33 heavy (non-hydrogen) atoms. The second-order valence-corrected chi connectivity index (χ2v) is 8.47. The second-order valence-electron chi connectivity index (χ2n) is 8.47. The molecule has 3 N–H and O–H groups in total. The molecular weight excluding hydrogens is 425 g/mol. The maximum atomic E-state index is 14.0. The van der Waals surface area contributed by atoms with Gasteiger partial charge >= 0.3 is 0 Å². The van der Waals surface area contributed by atoms with Gasteiger partial charge in [-0.3, -0.25) is 9.78 Å². The molecule has 9 heteroatoms. The van der Waals surface area contributed by atoms with E-state index in [9.17, 15) is 14.3 Å². The predicted octanol–water partition coefficient (Wildman–Crippen LogP) is 3.93. The summed E-state index contributed by atoms with van der Waals surface area (Å²) in [6.07, 6.45) is 1.28. The number of aliphatic hydroxyl groups is 1. The van der Waals surface area contributed by atoms with Crippen molar-refractivity contribution in [2.75, 3.05) is 11.9 Å². The number of hydrogen-bond acceptors (Lipinski definition) is 7. The van der Waals surface area contributed by atoms with Gasteiger partial charge in [0.05, 0.1) is 41.2 Å². The molecule has 0 aliphatic heterocycles. The molecule has 2 aromatic heterocycles. The van der Waals surface area contributed by atoms with Crippen LogP contribution in [0.3, 0.4) is 0 Å². The van der Waals surface area contributed by atoms with Crippen molar-refractivity contribution in [2.24, 2.45) is 0 Å². The molecule has 1 atom stereocenters. The van der Waals surface area contributed by atoms with Crippen LogP contribution in [0, 0.1) is 11.3 Å². The number of carbonyl (C=O) groups is 1. The van der Waals surface area contributed by atoms with Gasteiger partial charge in [0.2, 0.25) is 5.89 Å². The van der Waals surface area contributed by atoms with Crippen molar-refractivity contribution in [3.8, 4) is 29.0 Å². The van der Waals surface area contributed by atoms with Gasteiger partial charge in [-0.2, -0.15) is 5.26 Å². The van der Waals surface area contributed by atoms with E-state index in [1.54, 1.807) is 30.3 Å². The Morgan fingerprint density at radius 1 is 1.27 bits per heavy atom. The lowest BCUT2D eigenvalue weighted by Gasteiger charge is -2.22. The Labute approximate surface area is 191 Å². The van der Waals surface area contributed by atoms with Gasteiger partial charge in [-0.05, 0) is 52.0 Å². The molecule has 1 aromatic carbocycles. The monoisotopic (exact) mass is 451 g/mol. The average molecular weight is 452 g/mol. The lowest BCUT2D eigenvalue weighted by Crippen LogP contribution is -2.42. The minimum atomic E-state index is -1.62. The molecule has 3 aromatic rings. The van der Waals surface area contributed by atoms with E-state index in [1.165, 1.54) is 26.2 Å². The van der Waals surface area contributed by atoms with E-state index >= 15 is 0 Å². The van der Waals surface area contributed by atoms with Gasteiger partial charge in [-0.1, -0.05) is 6.07 Å². The molecule has 172 valence electrons. The number of aromatic nitrogens is 2. The molecule has 0 aliphatic carbocycles. The number of pyridine rings is 1. The quantitative estimate of drug-likeness (QED) is 0.474.